The maximum absolute atomic E-state index is 13.3. The number of benzene rings is 1. The molecule has 30 heavy (non-hydrogen) atoms. The van der Waals surface area contributed by atoms with Crippen LogP contribution in [0, 0.1) is 25.7 Å². The van der Waals surface area contributed by atoms with Crippen molar-refractivity contribution < 1.29 is 9.53 Å². The molecule has 2 aromatic rings. The third kappa shape index (κ3) is 4.16. The van der Waals surface area contributed by atoms with E-state index in [1.165, 1.54) is 0 Å². The van der Waals surface area contributed by atoms with Gasteiger partial charge in [-0.05, 0) is 76.4 Å². The zero-order valence-corrected chi connectivity index (χ0v) is 18.8. The molecule has 0 bridgehead atoms. The van der Waals surface area contributed by atoms with Crippen LogP contribution < -0.4 is 0 Å². The first-order chi connectivity index (χ1) is 14.4. The standard InChI is InChI=1S/C24H34N4O2/c1-16-9-17(2)28(25-16)13-18-7-6-8-19(10-18)24(29)27-14-20-11-22(26(3)4)23(30-5)12-21(20)15-27/h6-10,20-23H,11-15H2,1-5H3/t20-,21+,22-,23-/m1/s1. The molecular weight excluding hydrogens is 376 g/mol. The number of aryl methyl sites for hydroxylation is 2. The molecule has 0 unspecified atom stereocenters. The lowest BCUT2D eigenvalue weighted by Crippen LogP contribution is -2.47. The van der Waals surface area contributed by atoms with Crippen LogP contribution in [-0.4, -0.2) is 71.9 Å². The molecule has 6 nitrogen and oxygen atoms in total. The summed E-state index contributed by atoms with van der Waals surface area (Å²) in [4.78, 5) is 17.6. The average molecular weight is 411 g/mol. The number of hydrogen-bond acceptors (Lipinski definition) is 4. The summed E-state index contributed by atoms with van der Waals surface area (Å²) in [5.74, 6) is 1.24. The quantitative estimate of drug-likeness (QED) is 0.760. The summed E-state index contributed by atoms with van der Waals surface area (Å²) < 4.78 is 7.78. The Morgan fingerprint density at radius 1 is 1.17 bits per heavy atom. The summed E-state index contributed by atoms with van der Waals surface area (Å²) in [6.07, 6.45) is 2.38. The second kappa shape index (κ2) is 8.52. The molecule has 1 aliphatic carbocycles. The Morgan fingerprint density at radius 3 is 2.53 bits per heavy atom. The minimum atomic E-state index is 0.148. The van der Waals surface area contributed by atoms with E-state index < -0.39 is 0 Å². The smallest absolute Gasteiger partial charge is 0.253 e. The van der Waals surface area contributed by atoms with Crippen LogP contribution in [0.1, 0.15) is 40.2 Å². The molecule has 4 atom stereocenters. The molecule has 0 N–H and O–H groups in total. The first kappa shape index (κ1) is 21.1. The van der Waals surface area contributed by atoms with Crippen molar-refractivity contribution in [2.75, 3.05) is 34.3 Å². The molecule has 0 radical (unpaired) electrons. The molecule has 2 heterocycles. The van der Waals surface area contributed by atoms with E-state index in [0.717, 1.165) is 48.4 Å². The van der Waals surface area contributed by atoms with Gasteiger partial charge in [-0.1, -0.05) is 12.1 Å². The minimum absolute atomic E-state index is 0.148. The third-order valence-corrected chi connectivity index (χ3v) is 6.95. The lowest BCUT2D eigenvalue weighted by atomic mass is 9.77. The Labute approximate surface area is 179 Å². The predicted octanol–water partition coefficient (Wildman–Crippen LogP) is 2.98. The van der Waals surface area contributed by atoms with Gasteiger partial charge in [-0.25, -0.2) is 0 Å². The SMILES string of the molecule is CO[C@@H]1C[C@H]2CN(C(=O)c3cccc(Cn4nc(C)cc4C)c3)C[C@H]2C[C@H]1N(C)C. The maximum Gasteiger partial charge on any atom is 0.253 e. The van der Waals surface area contributed by atoms with E-state index in [0.29, 0.717) is 24.4 Å². The summed E-state index contributed by atoms with van der Waals surface area (Å²) in [5, 5.41) is 4.55. The summed E-state index contributed by atoms with van der Waals surface area (Å²) in [6.45, 7) is 6.45. The van der Waals surface area contributed by atoms with Crippen molar-refractivity contribution in [1.82, 2.24) is 19.6 Å². The number of rotatable bonds is 5. The summed E-state index contributed by atoms with van der Waals surface area (Å²) in [6, 6.07) is 10.5. The lowest BCUT2D eigenvalue weighted by Gasteiger charge is -2.40. The van der Waals surface area contributed by atoms with Gasteiger partial charge in [-0.3, -0.25) is 9.48 Å². The second-order valence-corrected chi connectivity index (χ2v) is 9.29. The molecular formula is C24H34N4O2. The highest BCUT2D eigenvalue weighted by Crippen LogP contribution is 2.39. The summed E-state index contributed by atoms with van der Waals surface area (Å²) in [5.41, 5.74) is 4.04. The molecule has 1 saturated carbocycles. The zero-order chi connectivity index (χ0) is 21.4. The van der Waals surface area contributed by atoms with Gasteiger partial charge in [0.05, 0.1) is 18.3 Å². The van der Waals surface area contributed by atoms with Crippen LogP contribution in [0.25, 0.3) is 0 Å². The van der Waals surface area contributed by atoms with Crippen molar-refractivity contribution >= 4 is 5.91 Å². The fourth-order valence-corrected chi connectivity index (χ4v) is 5.35. The molecule has 1 amide bonds. The number of fused-ring (bicyclic) bond motifs is 1. The molecule has 1 saturated heterocycles. The van der Waals surface area contributed by atoms with Crippen molar-refractivity contribution in [3.63, 3.8) is 0 Å². The maximum atomic E-state index is 13.3. The number of nitrogens with zero attached hydrogens (tertiary/aromatic N) is 4. The summed E-state index contributed by atoms with van der Waals surface area (Å²) in [7, 11) is 6.07. The molecule has 0 spiro atoms. The Hall–Kier alpha value is -2.18. The zero-order valence-electron chi connectivity index (χ0n) is 18.8. The number of likely N-dealkylation sites (N-methyl/N-ethyl adjacent to an activating group) is 1. The van der Waals surface area contributed by atoms with Crippen LogP contribution in [0.5, 0.6) is 0 Å². The molecule has 1 aliphatic heterocycles. The molecule has 162 valence electrons. The van der Waals surface area contributed by atoms with Gasteiger partial charge in [-0.15, -0.1) is 0 Å². The van der Waals surface area contributed by atoms with Crippen molar-refractivity contribution in [1.29, 1.82) is 0 Å². The molecule has 1 aromatic carbocycles. The van der Waals surface area contributed by atoms with E-state index >= 15 is 0 Å². The van der Waals surface area contributed by atoms with E-state index in [-0.39, 0.29) is 12.0 Å². The van der Waals surface area contributed by atoms with Gasteiger partial charge < -0.3 is 14.5 Å². The van der Waals surface area contributed by atoms with Crippen molar-refractivity contribution in [2.45, 2.75) is 45.4 Å². The number of likely N-dealkylation sites (tertiary alicyclic amines) is 1. The highest BCUT2D eigenvalue weighted by molar-refractivity contribution is 5.94. The number of methoxy groups -OCH3 is 1. The van der Waals surface area contributed by atoms with Gasteiger partial charge >= 0.3 is 0 Å². The molecule has 4 rings (SSSR count). The average Bonchev–Trinajstić information content (AvgIpc) is 3.28. The normalized spacial score (nSPS) is 26.3. The van der Waals surface area contributed by atoms with Crippen LogP contribution in [0.3, 0.4) is 0 Å². The fraction of sp³-hybridized carbons (Fsp3) is 0.583. The van der Waals surface area contributed by atoms with E-state index in [1.54, 1.807) is 0 Å². The van der Waals surface area contributed by atoms with Crippen molar-refractivity contribution in [2.24, 2.45) is 11.8 Å². The predicted molar refractivity (Wildman–Crippen MR) is 118 cm³/mol. The van der Waals surface area contributed by atoms with Crippen LogP contribution >= 0.6 is 0 Å². The number of amides is 1. The number of hydrogen-bond donors (Lipinski definition) is 0. The van der Waals surface area contributed by atoms with E-state index in [2.05, 4.69) is 48.1 Å². The second-order valence-electron chi connectivity index (χ2n) is 9.29. The largest absolute Gasteiger partial charge is 0.380 e. The number of carbonyl (C=O) groups excluding carboxylic acids is 1. The molecule has 6 heteroatoms. The highest BCUT2D eigenvalue weighted by atomic mass is 16.5. The first-order valence-corrected chi connectivity index (χ1v) is 10.9. The minimum Gasteiger partial charge on any atom is -0.380 e. The van der Waals surface area contributed by atoms with Gasteiger partial charge in [-0.2, -0.15) is 5.10 Å². The monoisotopic (exact) mass is 410 g/mol. The van der Waals surface area contributed by atoms with Crippen LogP contribution in [0.2, 0.25) is 0 Å². The van der Waals surface area contributed by atoms with Gasteiger partial charge in [0.15, 0.2) is 0 Å². The van der Waals surface area contributed by atoms with Gasteiger partial charge in [0.25, 0.3) is 5.91 Å². The number of aromatic nitrogens is 2. The molecule has 2 aliphatic rings. The highest BCUT2D eigenvalue weighted by Gasteiger charge is 2.44. The fourth-order valence-electron chi connectivity index (χ4n) is 5.35. The molecule has 1 aromatic heterocycles. The van der Waals surface area contributed by atoms with Crippen LogP contribution in [0.15, 0.2) is 30.3 Å². The Kier molecular flexibility index (Phi) is 5.98. The Bertz CT molecular complexity index is 906. The molecule has 2 fully saturated rings. The topological polar surface area (TPSA) is 50.6 Å². The third-order valence-electron chi connectivity index (χ3n) is 6.95. The van der Waals surface area contributed by atoms with E-state index in [1.807, 2.05) is 36.9 Å². The lowest BCUT2D eigenvalue weighted by molar-refractivity contribution is -0.0209. The number of ether oxygens (including phenoxy) is 1. The summed E-state index contributed by atoms with van der Waals surface area (Å²) >= 11 is 0. The van der Waals surface area contributed by atoms with Crippen molar-refractivity contribution in [3.8, 4) is 0 Å². The van der Waals surface area contributed by atoms with Gasteiger partial charge in [0.1, 0.15) is 0 Å². The van der Waals surface area contributed by atoms with Crippen molar-refractivity contribution in [3.05, 3.63) is 52.8 Å². The Balaban J connectivity index is 1.46. The number of carbonyl (C=O) groups is 1. The van der Waals surface area contributed by atoms with E-state index in [4.69, 9.17) is 4.74 Å². The Morgan fingerprint density at radius 2 is 1.90 bits per heavy atom. The van der Waals surface area contributed by atoms with Gasteiger partial charge in [0.2, 0.25) is 0 Å². The van der Waals surface area contributed by atoms with Crippen LogP contribution in [0.4, 0.5) is 0 Å². The van der Waals surface area contributed by atoms with Crippen LogP contribution in [-0.2, 0) is 11.3 Å². The van der Waals surface area contributed by atoms with E-state index in [9.17, 15) is 4.79 Å². The van der Waals surface area contributed by atoms with Gasteiger partial charge in [0, 0.05) is 37.5 Å². The first-order valence-electron chi connectivity index (χ1n) is 10.9.